The highest BCUT2D eigenvalue weighted by molar-refractivity contribution is 7.18. The molecule has 0 spiro atoms. The number of fused-ring (bicyclic) bond motifs is 2. The lowest BCUT2D eigenvalue weighted by Crippen LogP contribution is -2.46. The highest BCUT2D eigenvalue weighted by atomic mass is 32.1. The number of unbranched alkanes of at least 4 members (excludes halogenated alkanes) is 1. The molecule has 0 aliphatic carbocycles. The molecule has 0 saturated carbocycles. The minimum Gasteiger partial charge on any atom is -0.494 e. The maximum Gasteiger partial charge on any atom is 0.121 e. The van der Waals surface area contributed by atoms with Gasteiger partial charge in [-0.2, -0.15) is 0 Å². The van der Waals surface area contributed by atoms with Crippen LogP contribution in [-0.4, -0.2) is 54.2 Å². The van der Waals surface area contributed by atoms with Crippen LogP contribution in [0.3, 0.4) is 0 Å². The van der Waals surface area contributed by atoms with Crippen LogP contribution < -0.4 is 9.64 Å². The predicted molar refractivity (Wildman–Crippen MR) is 139 cm³/mol. The minimum absolute atomic E-state index is 0.761. The van der Waals surface area contributed by atoms with E-state index < -0.39 is 0 Å². The third-order valence-electron chi connectivity index (χ3n) is 6.39. The maximum atomic E-state index is 6.00. The second-order valence-corrected chi connectivity index (χ2v) is 9.89. The normalized spacial score (nSPS) is 14.9. The molecule has 6 heteroatoms. The zero-order valence-corrected chi connectivity index (χ0v) is 20.4. The molecule has 33 heavy (non-hydrogen) atoms. The van der Waals surface area contributed by atoms with Crippen LogP contribution in [0.25, 0.3) is 21.1 Å². The number of nitrogens with zero attached hydrogens (tertiary/aromatic N) is 4. The summed E-state index contributed by atoms with van der Waals surface area (Å²) in [6.45, 7) is 10.4. The van der Waals surface area contributed by atoms with E-state index in [1.54, 1.807) is 11.3 Å². The third kappa shape index (κ3) is 5.12. The molecular formula is C27H32N4OS. The van der Waals surface area contributed by atoms with Gasteiger partial charge in [-0.1, -0.05) is 25.1 Å². The highest BCUT2D eigenvalue weighted by Crippen LogP contribution is 2.27. The Morgan fingerprint density at radius 1 is 0.970 bits per heavy atom. The molecule has 0 radical (unpaired) electrons. The predicted octanol–water partition coefficient (Wildman–Crippen LogP) is 5.70. The second kappa shape index (κ2) is 10.1. The Kier molecular flexibility index (Phi) is 6.74. The van der Waals surface area contributed by atoms with Crippen LogP contribution in [0.4, 0.5) is 5.69 Å². The summed E-state index contributed by atoms with van der Waals surface area (Å²) < 4.78 is 7.25. The summed E-state index contributed by atoms with van der Waals surface area (Å²) in [5.74, 6) is 0.933. The molecule has 0 atom stereocenters. The number of rotatable bonds is 8. The van der Waals surface area contributed by atoms with E-state index in [4.69, 9.17) is 9.72 Å². The zero-order valence-electron chi connectivity index (χ0n) is 19.6. The van der Waals surface area contributed by atoms with E-state index in [1.165, 1.54) is 20.8 Å². The van der Waals surface area contributed by atoms with Crippen molar-refractivity contribution in [1.82, 2.24) is 14.9 Å². The fourth-order valence-corrected chi connectivity index (χ4v) is 5.41. The summed E-state index contributed by atoms with van der Waals surface area (Å²) in [5.41, 5.74) is 4.54. The number of para-hydroxylation sites is 1. The molecule has 0 amide bonds. The van der Waals surface area contributed by atoms with Gasteiger partial charge in [-0.3, -0.25) is 9.88 Å². The van der Waals surface area contributed by atoms with E-state index in [9.17, 15) is 0 Å². The van der Waals surface area contributed by atoms with Crippen molar-refractivity contribution < 1.29 is 4.74 Å². The third-order valence-corrected chi connectivity index (χ3v) is 7.58. The van der Waals surface area contributed by atoms with Crippen molar-refractivity contribution in [1.29, 1.82) is 0 Å². The lowest BCUT2D eigenvalue weighted by molar-refractivity contribution is 0.239. The number of piperazine rings is 1. The lowest BCUT2D eigenvalue weighted by atomic mass is 10.1. The molecule has 1 fully saturated rings. The van der Waals surface area contributed by atoms with Gasteiger partial charge in [0.2, 0.25) is 0 Å². The van der Waals surface area contributed by atoms with Gasteiger partial charge in [0.05, 0.1) is 33.0 Å². The van der Waals surface area contributed by atoms with Crippen LogP contribution in [0.1, 0.15) is 30.5 Å². The number of ether oxygens (including phenoxy) is 1. The van der Waals surface area contributed by atoms with E-state index in [0.717, 1.165) is 81.1 Å². The van der Waals surface area contributed by atoms with Gasteiger partial charge in [-0.25, -0.2) is 4.98 Å². The molecule has 1 aliphatic rings. The zero-order chi connectivity index (χ0) is 22.6. The van der Waals surface area contributed by atoms with Crippen LogP contribution in [-0.2, 0) is 6.42 Å². The van der Waals surface area contributed by atoms with Crippen LogP contribution in [0.5, 0.6) is 5.75 Å². The molecule has 2 aromatic carbocycles. The van der Waals surface area contributed by atoms with Crippen LogP contribution >= 0.6 is 11.3 Å². The Hall–Kier alpha value is -2.70. The summed E-state index contributed by atoms with van der Waals surface area (Å²) >= 11 is 1.77. The summed E-state index contributed by atoms with van der Waals surface area (Å²) in [4.78, 5) is 14.6. The van der Waals surface area contributed by atoms with E-state index in [1.807, 2.05) is 0 Å². The van der Waals surface area contributed by atoms with E-state index >= 15 is 0 Å². The molecule has 5 nitrogen and oxygen atoms in total. The molecular weight excluding hydrogens is 428 g/mol. The van der Waals surface area contributed by atoms with Crippen molar-refractivity contribution in [2.24, 2.45) is 0 Å². The van der Waals surface area contributed by atoms with E-state index in [-0.39, 0.29) is 0 Å². The van der Waals surface area contributed by atoms with Crippen molar-refractivity contribution in [2.45, 2.75) is 33.1 Å². The number of benzene rings is 2. The number of aromatic nitrogens is 2. The van der Waals surface area contributed by atoms with Gasteiger partial charge < -0.3 is 9.64 Å². The molecule has 0 N–H and O–H groups in total. The fraction of sp³-hybridized carbons (Fsp3) is 0.407. The Morgan fingerprint density at radius 2 is 1.85 bits per heavy atom. The van der Waals surface area contributed by atoms with Crippen molar-refractivity contribution in [3.8, 4) is 5.75 Å². The van der Waals surface area contributed by atoms with Gasteiger partial charge in [0.15, 0.2) is 0 Å². The van der Waals surface area contributed by atoms with E-state index in [2.05, 4.69) is 77.2 Å². The summed E-state index contributed by atoms with van der Waals surface area (Å²) in [7, 11) is 0. The van der Waals surface area contributed by atoms with Gasteiger partial charge in [-0.05, 0) is 57.0 Å². The fourth-order valence-electron chi connectivity index (χ4n) is 4.52. The molecule has 0 unspecified atom stereocenters. The largest absolute Gasteiger partial charge is 0.494 e. The quantitative estimate of drug-likeness (QED) is 0.316. The minimum atomic E-state index is 0.761. The van der Waals surface area contributed by atoms with Gasteiger partial charge in [0.1, 0.15) is 5.75 Å². The summed E-state index contributed by atoms with van der Waals surface area (Å²) in [5, 5.41) is 2.41. The second-order valence-electron chi connectivity index (χ2n) is 8.78. The average molecular weight is 461 g/mol. The topological polar surface area (TPSA) is 41.5 Å². The Bertz CT molecular complexity index is 1230. The molecule has 3 heterocycles. The Morgan fingerprint density at radius 3 is 2.70 bits per heavy atom. The lowest BCUT2D eigenvalue weighted by Gasteiger charge is -2.36. The monoisotopic (exact) mass is 460 g/mol. The van der Waals surface area contributed by atoms with Crippen molar-refractivity contribution >= 4 is 38.1 Å². The first-order valence-electron chi connectivity index (χ1n) is 12.1. The number of thiazole rings is 1. The smallest absolute Gasteiger partial charge is 0.121 e. The van der Waals surface area contributed by atoms with Gasteiger partial charge in [-0.15, -0.1) is 11.3 Å². The molecule has 5 rings (SSSR count). The van der Waals surface area contributed by atoms with Crippen LogP contribution in [0.15, 0.2) is 48.5 Å². The summed E-state index contributed by atoms with van der Waals surface area (Å²) in [6.07, 6.45) is 3.22. The van der Waals surface area contributed by atoms with Crippen molar-refractivity contribution in [2.75, 3.05) is 44.2 Å². The van der Waals surface area contributed by atoms with Crippen molar-refractivity contribution in [3.05, 3.63) is 59.2 Å². The van der Waals surface area contributed by atoms with Crippen LogP contribution in [0, 0.1) is 6.92 Å². The first-order valence-corrected chi connectivity index (χ1v) is 12.9. The van der Waals surface area contributed by atoms with Gasteiger partial charge in [0, 0.05) is 43.3 Å². The SMILES string of the molecule is CCc1nc2cc(OCCCCN3CCN(c4cccc5ccc(C)nc45)CC3)ccc2s1. The molecule has 0 bridgehead atoms. The first kappa shape index (κ1) is 22.1. The molecule has 1 aliphatic heterocycles. The number of hydrogen-bond donors (Lipinski definition) is 0. The molecule has 4 aromatic rings. The number of hydrogen-bond acceptors (Lipinski definition) is 6. The Balaban J connectivity index is 1.06. The molecule has 172 valence electrons. The Labute approximate surface area is 200 Å². The average Bonchev–Trinajstić information content (AvgIpc) is 3.26. The summed E-state index contributed by atoms with van der Waals surface area (Å²) in [6, 6.07) is 17.1. The molecule has 1 saturated heterocycles. The van der Waals surface area contributed by atoms with E-state index in [0.29, 0.717) is 0 Å². The highest BCUT2D eigenvalue weighted by Gasteiger charge is 2.19. The van der Waals surface area contributed by atoms with Crippen LogP contribution in [0.2, 0.25) is 0 Å². The number of anilines is 1. The molecule has 2 aromatic heterocycles. The standard InChI is InChI=1S/C27H32N4OS/c1-3-26-29-23-19-22(11-12-25(23)33-26)32-18-5-4-13-30-14-16-31(17-15-30)24-8-6-7-21-10-9-20(2)28-27(21)24/h6-12,19H,3-5,13-18H2,1-2H3. The van der Waals surface area contributed by atoms with Gasteiger partial charge >= 0.3 is 0 Å². The first-order chi connectivity index (χ1) is 16.2. The maximum absolute atomic E-state index is 6.00. The number of pyridine rings is 1. The van der Waals surface area contributed by atoms with Gasteiger partial charge in [0.25, 0.3) is 0 Å². The van der Waals surface area contributed by atoms with Crippen molar-refractivity contribution in [3.63, 3.8) is 0 Å². The number of aryl methyl sites for hydroxylation is 2.